The van der Waals surface area contributed by atoms with Gasteiger partial charge in [0, 0.05) is 10.9 Å². The molecular weight excluding hydrogens is 553 g/mol. The molecule has 0 saturated heterocycles. The third kappa shape index (κ3) is 5.03. The van der Waals surface area contributed by atoms with Crippen LogP contribution in [0.15, 0.2) is 48.1 Å². The lowest BCUT2D eigenvalue weighted by atomic mass is 9.37. The first-order chi connectivity index (χ1) is 18.3. The van der Waals surface area contributed by atoms with E-state index in [0.29, 0.717) is 0 Å². The molecule has 0 fully saturated rings. The highest BCUT2D eigenvalue weighted by Gasteiger charge is 2.40. The summed E-state index contributed by atoms with van der Waals surface area (Å²) in [5.41, 5.74) is -2.17. The van der Waals surface area contributed by atoms with Crippen LogP contribution in [0.1, 0.15) is 12.8 Å². The number of rotatable bonds is 8. The first-order valence-electron chi connectivity index (χ1n) is 12.1. The van der Waals surface area contributed by atoms with Gasteiger partial charge in [-0.15, -0.1) is 0 Å². The Balaban J connectivity index is 1.69. The average Bonchev–Trinajstić information content (AvgIpc) is 3.62. The Morgan fingerprint density at radius 2 is 1.00 bits per heavy atom. The number of hydrogen-bond acceptors (Lipinski definition) is 0. The van der Waals surface area contributed by atoms with Crippen molar-refractivity contribution in [2.75, 3.05) is 0 Å². The fraction of sp³-hybridized carbons (Fsp3) is 0.259. The maximum atomic E-state index is 14.7. The monoisotopic (exact) mass is 574 g/mol. The molecule has 206 valence electrons. The molecule has 0 aliphatic heterocycles. The molecule has 0 bridgehead atoms. The van der Waals surface area contributed by atoms with Crippen molar-refractivity contribution < 1.29 is 43.9 Å². The van der Waals surface area contributed by atoms with Crippen molar-refractivity contribution in [2.45, 2.75) is 43.3 Å². The molecule has 12 heteroatoms. The Morgan fingerprint density at radius 1 is 0.590 bits per heavy atom. The number of benzene rings is 2. The maximum absolute atomic E-state index is 14.7. The van der Waals surface area contributed by atoms with Crippen LogP contribution in [0.5, 0.6) is 0 Å². The van der Waals surface area contributed by atoms with Crippen LogP contribution in [0.2, 0.25) is 30.5 Å². The van der Waals surface area contributed by atoms with E-state index in [1.54, 1.807) is 0 Å². The van der Waals surface area contributed by atoms with Gasteiger partial charge in [0.15, 0.2) is 58.2 Å². The lowest BCUT2D eigenvalue weighted by Gasteiger charge is -2.31. The fourth-order valence-electron chi connectivity index (χ4n) is 5.15. The fourth-order valence-corrected chi connectivity index (χ4v) is 8.04. The molecule has 0 heterocycles. The van der Waals surface area contributed by atoms with E-state index in [9.17, 15) is 43.9 Å². The number of allylic oxidation sites excluding steroid dienone is 8. The lowest BCUT2D eigenvalue weighted by Crippen LogP contribution is -2.50. The highest BCUT2D eigenvalue weighted by atomic mass is 28.3. The maximum Gasteiger partial charge on any atom is 0.225 e. The molecular formula is C27H21BF10Si. The first-order valence-corrected chi connectivity index (χ1v) is 15.2. The molecule has 0 nitrogen and oxygen atoms in total. The van der Waals surface area contributed by atoms with Gasteiger partial charge in [0.05, 0.1) is 8.07 Å². The van der Waals surface area contributed by atoms with Gasteiger partial charge in [-0.05, 0) is 17.5 Å². The van der Waals surface area contributed by atoms with Crippen molar-refractivity contribution in [3.63, 3.8) is 0 Å². The predicted molar refractivity (Wildman–Crippen MR) is 132 cm³/mol. The lowest BCUT2D eigenvalue weighted by molar-refractivity contribution is 0.382. The van der Waals surface area contributed by atoms with Crippen molar-refractivity contribution in [1.29, 1.82) is 0 Å². The molecule has 2 aliphatic rings. The van der Waals surface area contributed by atoms with Gasteiger partial charge in [-0.2, -0.15) is 0 Å². The van der Waals surface area contributed by atoms with Gasteiger partial charge in [-0.25, -0.2) is 43.9 Å². The van der Waals surface area contributed by atoms with E-state index >= 15 is 0 Å². The normalized spacial score (nSPS) is 17.0. The molecule has 1 unspecified atom stereocenters. The Kier molecular flexibility index (Phi) is 8.07. The minimum absolute atomic E-state index is 0.117. The molecule has 1 atom stereocenters. The zero-order chi connectivity index (χ0) is 28.8. The van der Waals surface area contributed by atoms with Gasteiger partial charge in [-0.1, -0.05) is 73.9 Å². The predicted octanol–water partition coefficient (Wildman–Crippen LogP) is 7.54. The summed E-state index contributed by atoms with van der Waals surface area (Å²) in [4.78, 5) is 0. The van der Waals surface area contributed by atoms with Crippen molar-refractivity contribution in [2.24, 2.45) is 0 Å². The summed E-state index contributed by atoms with van der Waals surface area (Å²) in [7, 11) is -1.88. The number of halogens is 10. The second-order valence-electron chi connectivity index (χ2n) is 10.2. The third-order valence-corrected chi connectivity index (χ3v) is 11.7. The Bertz CT molecular complexity index is 1300. The van der Waals surface area contributed by atoms with Gasteiger partial charge >= 0.3 is 0 Å². The van der Waals surface area contributed by atoms with E-state index < -0.39 is 90.2 Å². The van der Waals surface area contributed by atoms with Crippen LogP contribution in [0.3, 0.4) is 0 Å². The van der Waals surface area contributed by atoms with Gasteiger partial charge < -0.3 is 0 Å². The second-order valence-corrected chi connectivity index (χ2v) is 15.1. The van der Waals surface area contributed by atoms with Crippen LogP contribution in [-0.2, 0) is 0 Å². The largest absolute Gasteiger partial charge is 0.225 e. The van der Waals surface area contributed by atoms with E-state index in [1.165, 1.54) is 0 Å². The molecule has 0 saturated carbocycles. The summed E-state index contributed by atoms with van der Waals surface area (Å²) in [5, 5.41) is 0. The molecule has 0 aromatic heterocycles. The molecule has 0 radical (unpaired) electrons. The molecule has 0 amide bonds. The minimum atomic E-state index is -2.52. The summed E-state index contributed by atoms with van der Waals surface area (Å²) in [5.74, 6) is -24.3. The molecule has 0 spiro atoms. The van der Waals surface area contributed by atoms with Crippen LogP contribution >= 0.6 is 0 Å². The zero-order valence-electron chi connectivity index (χ0n) is 20.7. The highest BCUT2D eigenvalue weighted by molar-refractivity contribution is 6.85. The standard InChI is InChI=1S/C27H21BF10Si/c1-39(2,14-7-3-4-8-14)15-10-9-13(12-15)6-5-11-28(16-18(29)22(33)26(37)23(34)19(16)30)17-20(31)24(35)27(38)25(36)21(17)32/h3-4,7-10,12,14-15H,5-6,11H2,1-2H3. The average molecular weight is 574 g/mol. The molecule has 0 N–H and O–H groups in total. The van der Waals surface area contributed by atoms with Crippen LogP contribution in [0.25, 0.3) is 0 Å². The second kappa shape index (κ2) is 10.9. The van der Waals surface area contributed by atoms with E-state index in [2.05, 4.69) is 25.2 Å². The molecule has 39 heavy (non-hydrogen) atoms. The molecule has 2 aromatic rings. The summed E-state index contributed by atoms with van der Waals surface area (Å²) in [6, 6.07) is 0. The van der Waals surface area contributed by atoms with E-state index in [0.717, 1.165) is 5.57 Å². The van der Waals surface area contributed by atoms with Crippen molar-refractivity contribution in [3.8, 4) is 0 Å². The topological polar surface area (TPSA) is 0 Å². The van der Waals surface area contributed by atoms with Crippen LogP contribution in [0, 0.1) is 58.2 Å². The summed E-state index contributed by atoms with van der Waals surface area (Å²) in [6.07, 6.45) is 13.3. The van der Waals surface area contributed by atoms with Crippen molar-refractivity contribution in [1.82, 2.24) is 0 Å². The quantitative estimate of drug-likeness (QED) is 0.132. The molecule has 4 rings (SSSR count). The van der Waals surface area contributed by atoms with Crippen LogP contribution < -0.4 is 10.9 Å². The van der Waals surface area contributed by atoms with E-state index in [1.807, 2.05) is 30.4 Å². The van der Waals surface area contributed by atoms with Gasteiger partial charge in [-0.3, -0.25) is 0 Å². The third-order valence-electron chi connectivity index (χ3n) is 7.52. The van der Waals surface area contributed by atoms with Crippen molar-refractivity contribution in [3.05, 3.63) is 106 Å². The molecule has 2 aromatic carbocycles. The van der Waals surface area contributed by atoms with E-state index in [4.69, 9.17) is 0 Å². The SMILES string of the molecule is C[Si](C)(C1C=CC=C1)C1C=CC(CCCB(c2c(F)c(F)c(F)c(F)c2F)c2c(F)c(F)c(F)c(F)c2F)=C1. The smallest absolute Gasteiger partial charge is 0.204 e. The summed E-state index contributed by atoms with van der Waals surface area (Å²) in [6.45, 7) is 2.02. The Morgan fingerprint density at radius 3 is 1.44 bits per heavy atom. The molecule has 2 aliphatic carbocycles. The highest BCUT2D eigenvalue weighted by Crippen LogP contribution is 2.42. The summed E-state index contributed by atoms with van der Waals surface area (Å²) >= 11 is 0. The van der Waals surface area contributed by atoms with Crippen LogP contribution in [-0.4, -0.2) is 14.8 Å². The zero-order valence-corrected chi connectivity index (χ0v) is 21.7. The van der Waals surface area contributed by atoms with Gasteiger partial charge in [0.25, 0.3) is 0 Å². The van der Waals surface area contributed by atoms with Crippen LogP contribution in [0.4, 0.5) is 43.9 Å². The Hall–Kier alpha value is -3.02. The summed E-state index contributed by atoms with van der Waals surface area (Å²) < 4.78 is 142. The van der Waals surface area contributed by atoms with Gasteiger partial charge in [0.1, 0.15) is 0 Å². The first kappa shape index (κ1) is 29.0. The van der Waals surface area contributed by atoms with Crippen molar-refractivity contribution >= 4 is 25.7 Å². The van der Waals surface area contributed by atoms with Gasteiger partial charge in [0.2, 0.25) is 6.71 Å². The van der Waals surface area contributed by atoms with E-state index in [-0.39, 0.29) is 23.9 Å². The minimum Gasteiger partial charge on any atom is -0.204 e. The number of hydrogen-bond donors (Lipinski definition) is 0. The Labute approximate surface area is 219 Å².